The molecule has 6 heteroatoms. The van der Waals surface area contributed by atoms with Crippen molar-refractivity contribution in [1.29, 1.82) is 0 Å². The lowest BCUT2D eigenvalue weighted by atomic mass is 10.3. The summed E-state index contributed by atoms with van der Waals surface area (Å²) >= 11 is 0. The molecule has 0 spiro atoms. The molecule has 0 unspecified atom stereocenters. The Morgan fingerprint density at radius 1 is 1.15 bits per heavy atom. The summed E-state index contributed by atoms with van der Waals surface area (Å²) in [7, 11) is 1.98. The van der Waals surface area contributed by atoms with Gasteiger partial charge in [-0.2, -0.15) is 0 Å². The molecular formula is C14H22N6. The van der Waals surface area contributed by atoms with Crippen LogP contribution in [0.5, 0.6) is 0 Å². The third-order valence-electron chi connectivity index (χ3n) is 3.19. The number of nitrogens with zero attached hydrogens (tertiary/aromatic N) is 4. The zero-order valence-electron chi connectivity index (χ0n) is 12.6. The Hall–Kier alpha value is -2.11. The Kier molecular flexibility index (Phi) is 4.55. The molecule has 0 saturated carbocycles. The van der Waals surface area contributed by atoms with Crippen LogP contribution < -0.4 is 10.6 Å². The molecule has 20 heavy (non-hydrogen) atoms. The molecule has 2 aromatic heterocycles. The number of aryl methyl sites for hydroxylation is 2. The molecule has 0 aliphatic rings. The molecule has 2 N–H and O–H groups in total. The lowest BCUT2D eigenvalue weighted by Gasteiger charge is -2.14. The van der Waals surface area contributed by atoms with Crippen molar-refractivity contribution >= 4 is 11.6 Å². The van der Waals surface area contributed by atoms with Crippen molar-refractivity contribution < 1.29 is 0 Å². The fourth-order valence-corrected chi connectivity index (χ4v) is 1.96. The van der Waals surface area contributed by atoms with E-state index < -0.39 is 0 Å². The predicted octanol–water partition coefficient (Wildman–Crippen LogP) is 2.12. The number of imidazole rings is 1. The fourth-order valence-electron chi connectivity index (χ4n) is 1.96. The highest BCUT2D eigenvalue weighted by atomic mass is 15.1. The van der Waals surface area contributed by atoms with Crippen LogP contribution in [0.1, 0.15) is 31.1 Å². The normalized spacial score (nSPS) is 10.6. The molecule has 108 valence electrons. The van der Waals surface area contributed by atoms with Crippen LogP contribution in [-0.2, 0) is 20.0 Å². The van der Waals surface area contributed by atoms with Crippen LogP contribution in [0, 0.1) is 6.92 Å². The summed E-state index contributed by atoms with van der Waals surface area (Å²) in [5.74, 6) is 3.59. The van der Waals surface area contributed by atoms with Crippen LogP contribution in [-0.4, -0.2) is 26.1 Å². The smallest absolute Gasteiger partial charge is 0.135 e. The number of rotatable bonds is 6. The Morgan fingerprint density at radius 2 is 1.85 bits per heavy atom. The molecule has 2 heterocycles. The van der Waals surface area contributed by atoms with Crippen molar-refractivity contribution in [3.63, 3.8) is 0 Å². The highest BCUT2D eigenvalue weighted by Crippen LogP contribution is 2.20. The van der Waals surface area contributed by atoms with Crippen LogP contribution in [0.3, 0.4) is 0 Å². The van der Waals surface area contributed by atoms with Gasteiger partial charge in [0, 0.05) is 38.0 Å². The van der Waals surface area contributed by atoms with Gasteiger partial charge in [0.2, 0.25) is 0 Å². The Balaban J connectivity index is 2.21. The topological polar surface area (TPSA) is 67.7 Å². The van der Waals surface area contributed by atoms with Gasteiger partial charge in [0.1, 0.15) is 23.3 Å². The number of anilines is 2. The Labute approximate surface area is 119 Å². The average Bonchev–Trinajstić information content (AvgIpc) is 2.85. The second kappa shape index (κ2) is 6.36. The van der Waals surface area contributed by atoms with Crippen LogP contribution in [0.15, 0.2) is 12.4 Å². The van der Waals surface area contributed by atoms with Crippen molar-refractivity contribution in [2.75, 3.05) is 17.2 Å². The van der Waals surface area contributed by atoms with E-state index in [4.69, 9.17) is 0 Å². The van der Waals surface area contributed by atoms with E-state index in [9.17, 15) is 0 Å². The van der Waals surface area contributed by atoms with Crippen LogP contribution in [0.25, 0.3) is 0 Å². The number of aromatic nitrogens is 4. The van der Waals surface area contributed by atoms with Gasteiger partial charge in [0.25, 0.3) is 0 Å². The molecule has 0 fully saturated rings. The molecule has 0 aliphatic carbocycles. The summed E-state index contributed by atoms with van der Waals surface area (Å²) in [5, 5.41) is 6.64. The van der Waals surface area contributed by atoms with Crippen LogP contribution >= 0.6 is 0 Å². The highest BCUT2D eigenvalue weighted by Gasteiger charge is 2.10. The minimum Gasteiger partial charge on any atom is -0.370 e. The first-order valence-corrected chi connectivity index (χ1v) is 6.97. The van der Waals surface area contributed by atoms with Gasteiger partial charge in [-0.3, -0.25) is 0 Å². The Morgan fingerprint density at radius 3 is 2.40 bits per heavy atom. The maximum atomic E-state index is 4.56. The first kappa shape index (κ1) is 14.3. The molecule has 2 aromatic rings. The van der Waals surface area contributed by atoms with Gasteiger partial charge in [0.15, 0.2) is 0 Å². The van der Waals surface area contributed by atoms with E-state index in [0.717, 1.165) is 41.8 Å². The summed E-state index contributed by atoms with van der Waals surface area (Å²) in [5.41, 5.74) is 1.04. The first-order valence-electron chi connectivity index (χ1n) is 6.97. The Bertz CT molecular complexity index is 575. The quantitative estimate of drug-likeness (QED) is 0.844. The lowest BCUT2D eigenvalue weighted by molar-refractivity contribution is 0.807. The third kappa shape index (κ3) is 3.07. The maximum Gasteiger partial charge on any atom is 0.135 e. The van der Waals surface area contributed by atoms with Gasteiger partial charge >= 0.3 is 0 Å². The molecule has 0 atom stereocenters. The van der Waals surface area contributed by atoms with Gasteiger partial charge in [-0.15, -0.1) is 0 Å². The van der Waals surface area contributed by atoms with Crippen LogP contribution in [0.4, 0.5) is 11.6 Å². The summed E-state index contributed by atoms with van der Waals surface area (Å²) in [6.45, 7) is 7.64. The predicted molar refractivity (Wildman–Crippen MR) is 80.8 cm³/mol. The van der Waals surface area contributed by atoms with Crippen LogP contribution in [0.2, 0.25) is 0 Å². The highest BCUT2D eigenvalue weighted by molar-refractivity contribution is 5.57. The van der Waals surface area contributed by atoms with E-state index >= 15 is 0 Å². The van der Waals surface area contributed by atoms with E-state index in [-0.39, 0.29) is 0 Å². The van der Waals surface area contributed by atoms with Gasteiger partial charge in [0.05, 0.1) is 6.54 Å². The molecule has 0 radical (unpaired) electrons. The fraction of sp³-hybridized carbons (Fsp3) is 0.500. The number of hydrogen-bond acceptors (Lipinski definition) is 5. The molecule has 0 aliphatic heterocycles. The van der Waals surface area contributed by atoms with E-state index in [0.29, 0.717) is 6.54 Å². The SMILES string of the molecule is CCNc1nc(CC)nc(NCc2nccn2C)c1C. The minimum atomic E-state index is 0.649. The van der Waals surface area contributed by atoms with Crippen molar-refractivity contribution in [3.05, 3.63) is 29.6 Å². The molecule has 0 amide bonds. The lowest BCUT2D eigenvalue weighted by Crippen LogP contribution is -2.12. The maximum absolute atomic E-state index is 4.56. The molecule has 6 nitrogen and oxygen atoms in total. The number of nitrogens with one attached hydrogen (secondary N) is 2. The van der Waals surface area contributed by atoms with Gasteiger partial charge < -0.3 is 15.2 Å². The molecular weight excluding hydrogens is 252 g/mol. The summed E-state index contributed by atoms with van der Waals surface area (Å²) < 4.78 is 2.00. The summed E-state index contributed by atoms with van der Waals surface area (Å²) in [4.78, 5) is 13.4. The summed E-state index contributed by atoms with van der Waals surface area (Å²) in [6, 6.07) is 0. The van der Waals surface area contributed by atoms with Crippen molar-refractivity contribution in [3.8, 4) is 0 Å². The molecule has 0 aromatic carbocycles. The number of hydrogen-bond donors (Lipinski definition) is 2. The average molecular weight is 274 g/mol. The van der Waals surface area contributed by atoms with Crippen molar-refractivity contribution in [2.24, 2.45) is 7.05 Å². The van der Waals surface area contributed by atoms with Gasteiger partial charge in [-0.25, -0.2) is 15.0 Å². The van der Waals surface area contributed by atoms with Crippen molar-refractivity contribution in [2.45, 2.75) is 33.7 Å². The van der Waals surface area contributed by atoms with E-state index in [1.165, 1.54) is 0 Å². The third-order valence-corrected chi connectivity index (χ3v) is 3.19. The second-order valence-corrected chi connectivity index (χ2v) is 4.65. The van der Waals surface area contributed by atoms with E-state index in [1.54, 1.807) is 6.20 Å². The van der Waals surface area contributed by atoms with Crippen molar-refractivity contribution in [1.82, 2.24) is 19.5 Å². The van der Waals surface area contributed by atoms with Gasteiger partial charge in [-0.05, 0) is 13.8 Å². The van der Waals surface area contributed by atoms with Gasteiger partial charge in [-0.1, -0.05) is 6.92 Å². The van der Waals surface area contributed by atoms with E-state index in [2.05, 4.69) is 39.4 Å². The largest absolute Gasteiger partial charge is 0.370 e. The molecule has 2 rings (SSSR count). The molecule has 0 saturated heterocycles. The second-order valence-electron chi connectivity index (χ2n) is 4.65. The first-order chi connectivity index (χ1) is 9.65. The molecule has 0 bridgehead atoms. The zero-order chi connectivity index (χ0) is 14.5. The monoisotopic (exact) mass is 274 g/mol. The zero-order valence-corrected chi connectivity index (χ0v) is 12.6. The summed E-state index contributed by atoms with van der Waals surface area (Å²) in [6.07, 6.45) is 4.55. The van der Waals surface area contributed by atoms with E-state index in [1.807, 2.05) is 24.7 Å². The minimum absolute atomic E-state index is 0.649. The standard InChI is InChI=1S/C14H22N6/c1-5-11-18-13(15-6-2)10(3)14(19-11)17-9-12-16-7-8-20(12)4/h7-8H,5-6,9H2,1-4H3,(H2,15,17,18,19).